The lowest BCUT2D eigenvalue weighted by molar-refractivity contribution is 0.0472. The van der Waals surface area contributed by atoms with Crippen LogP contribution in [0.2, 0.25) is 0 Å². The van der Waals surface area contributed by atoms with Gasteiger partial charge >= 0.3 is 5.97 Å². The first-order valence-corrected chi connectivity index (χ1v) is 6.87. The molecule has 0 saturated carbocycles. The molecule has 2 aromatic carbocycles. The summed E-state index contributed by atoms with van der Waals surface area (Å²) >= 11 is 0. The molecule has 0 aromatic heterocycles. The van der Waals surface area contributed by atoms with Crippen LogP contribution in [-0.4, -0.2) is 5.97 Å². The third-order valence-electron chi connectivity index (χ3n) is 3.31. The molecular weight excluding hydrogens is 262 g/mol. The van der Waals surface area contributed by atoms with Crippen molar-refractivity contribution in [1.29, 1.82) is 5.26 Å². The van der Waals surface area contributed by atoms with Crippen LogP contribution in [0, 0.1) is 11.3 Å². The summed E-state index contributed by atoms with van der Waals surface area (Å²) < 4.78 is 5.27. The minimum Gasteiger partial charge on any atom is -0.457 e. The summed E-state index contributed by atoms with van der Waals surface area (Å²) in [7, 11) is 0. The van der Waals surface area contributed by atoms with Gasteiger partial charge in [-0.3, -0.25) is 0 Å². The highest BCUT2D eigenvalue weighted by atomic mass is 16.5. The van der Waals surface area contributed by atoms with E-state index in [0.717, 1.165) is 0 Å². The van der Waals surface area contributed by atoms with E-state index in [-0.39, 0.29) is 12.6 Å². The van der Waals surface area contributed by atoms with Crippen LogP contribution in [0.15, 0.2) is 48.5 Å². The van der Waals surface area contributed by atoms with E-state index in [4.69, 9.17) is 10.00 Å². The Bertz CT molecular complexity index is 666. The molecule has 0 aliphatic rings. The third kappa shape index (κ3) is 3.70. The maximum atomic E-state index is 12.0. The fourth-order valence-corrected chi connectivity index (χ4v) is 1.99. The fraction of sp³-hybridized carbons (Fsp3) is 0.222. The topological polar surface area (TPSA) is 50.1 Å². The van der Waals surface area contributed by atoms with E-state index in [1.54, 1.807) is 30.3 Å². The van der Waals surface area contributed by atoms with Crippen LogP contribution >= 0.6 is 0 Å². The number of carbonyl (C=O) groups excluding carboxylic acids is 1. The van der Waals surface area contributed by atoms with Crippen molar-refractivity contribution in [3.8, 4) is 6.07 Å². The van der Waals surface area contributed by atoms with Gasteiger partial charge in [0.25, 0.3) is 0 Å². The van der Waals surface area contributed by atoms with Gasteiger partial charge in [-0.05, 0) is 29.7 Å². The fourth-order valence-electron chi connectivity index (χ4n) is 1.99. The average Bonchev–Trinajstić information content (AvgIpc) is 2.52. The summed E-state index contributed by atoms with van der Waals surface area (Å²) in [5.74, 6) is 0.0515. The normalized spacial score (nSPS) is 10.2. The molecule has 0 aliphatic heterocycles. The van der Waals surface area contributed by atoms with Crippen LogP contribution in [0.3, 0.4) is 0 Å². The van der Waals surface area contributed by atoms with Crippen LogP contribution in [0.4, 0.5) is 0 Å². The minimum absolute atomic E-state index is 0.106. The van der Waals surface area contributed by atoms with Crippen molar-refractivity contribution in [3.05, 3.63) is 70.8 Å². The van der Waals surface area contributed by atoms with E-state index in [2.05, 4.69) is 19.9 Å². The lowest BCUT2D eigenvalue weighted by Gasteiger charge is -2.08. The summed E-state index contributed by atoms with van der Waals surface area (Å²) in [4.78, 5) is 12.0. The minimum atomic E-state index is -0.377. The lowest BCUT2D eigenvalue weighted by atomic mass is 10.0. The molecule has 3 heteroatoms. The Morgan fingerprint density at radius 2 is 1.81 bits per heavy atom. The molecule has 0 saturated heterocycles. The predicted octanol–water partition coefficient (Wildman–Crippen LogP) is 4.04. The molecular formula is C18H17NO2. The SMILES string of the molecule is CC(C)c1ccc(C(=O)OCc2ccccc2C#N)cc1. The van der Waals surface area contributed by atoms with Gasteiger partial charge in [-0.2, -0.15) is 5.26 Å². The molecule has 0 aliphatic carbocycles. The molecule has 0 spiro atoms. The van der Waals surface area contributed by atoms with Gasteiger partial charge in [-0.25, -0.2) is 4.79 Å². The second-order valence-electron chi connectivity index (χ2n) is 5.12. The van der Waals surface area contributed by atoms with Crippen molar-refractivity contribution < 1.29 is 9.53 Å². The van der Waals surface area contributed by atoms with E-state index >= 15 is 0 Å². The molecule has 2 rings (SSSR count). The van der Waals surface area contributed by atoms with Crippen LogP contribution in [0.5, 0.6) is 0 Å². The van der Waals surface area contributed by atoms with Crippen LogP contribution in [0.25, 0.3) is 0 Å². The van der Waals surface area contributed by atoms with Crippen molar-refractivity contribution in [2.45, 2.75) is 26.4 Å². The number of nitrogens with zero attached hydrogens (tertiary/aromatic N) is 1. The smallest absolute Gasteiger partial charge is 0.338 e. The summed E-state index contributed by atoms with van der Waals surface area (Å²) in [6.45, 7) is 4.31. The summed E-state index contributed by atoms with van der Waals surface area (Å²) in [6, 6.07) is 16.6. The van der Waals surface area contributed by atoms with E-state index in [0.29, 0.717) is 22.6 Å². The number of hydrogen-bond donors (Lipinski definition) is 0. The number of rotatable bonds is 4. The van der Waals surface area contributed by atoms with Crippen molar-refractivity contribution in [2.24, 2.45) is 0 Å². The van der Waals surface area contributed by atoms with Gasteiger partial charge < -0.3 is 4.74 Å². The first-order chi connectivity index (χ1) is 10.1. The van der Waals surface area contributed by atoms with Gasteiger partial charge in [-0.1, -0.05) is 44.2 Å². The van der Waals surface area contributed by atoms with Gasteiger partial charge in [-0.15, -0.1) is 0 Å². The van der Waals surface area contributed by atoms with Crippen LogP contribution in [-0.2, 0) is 11.3 Å². The molecule has 0 unspecified atom stereocenters. The molecule has 21 heavy (non-hydrogen) atoms. The summed E-state index contributed by atoms with van der Waals surface area (Å²) in [6.07, 6.45) is 0. The number of esters is 1. The number of hydrogen-bond acceptors (Lipinski definition) is 3. The molecule has 106 valence electrons. The zero-order valence-corrected chi connectivity index (χ0v) is 12.2. The molecule has 0 radical (unpaired) electrons. The van der Waals surface area contributed by atoms with Crippen LogP contribution in [0.1, 0.15) is 46.8 Å². The molecule has 0 amide bonds. The molecule has 0 heterocycles. The maximum Gasteiger partial charge on any atom is 0.338 e. The van der Waals surface area contributed by atoms with Crippen molar-refractivity contribution in [2.75, 3.05) is 0 Å². The van der Waals surface area contributed by atoms with E-state index in [1.807, 2.05) is 18.2 Å². The monoisotopic (exact) mass is 279 g/mol. The average molecular weight is 279 g/mol. The highest BCUT2D eigenvalue weighted by Crippen LogP contribution is 2.16. The lowest BCUT2D eigenvalue weighted by Crippen LogP contribution is -2.06. The quantitative estimate of drug-likeness (QED) is 0.794. The number of carbonyl (C=O) groups is 1. The Labute approximate surface area is 124 Å². The highest BCUT2D eigenvalue weighted by Gasteiger charge is 2.09. The molecule has 2 aromatic rings. The summed E-state index contributed by atoms with van der Waals surface area (Å²) in [5, 5.41) is 8.99. The largest absolute Gasteiger partial charge is 0.457 e. The Balaban J connectivity index is 2.03. The predicted molar refractivity (Wildman–Crippen MR) is 80.8 cm³/mol. The molecule has 0 bridgehead atoms. The highest BCUT2D eigenvalue weighted by molar-refractivity contribution is 5.89. The molecule has 0 fully saturated rings. The van der Waals surface area contributed by atoms with E-state index < -0.39 is 0 Å². The Morgan fingerprint density at radius 1 is 1.14 bits per heavy atom. The first-order valence-electron chi connectivity index (χ1n) is 6.87. The van der Waals surface area contributed by atoms with Crippen molar-refractivity contribution in [1.82, 2.24) is 0 Å². The molecule has 0 atom stereocenters. The van der Waals surface area contributed by atoms with Gasteiger partial charge in [0, 0.05) is 5.56 Å². The maximum absolute atomic E-state index is 12.0. The summed E-state index contributed by atoms with van der Waals surface area (Å²) in [5.41, 5.74) is 2.95. The third-order valence-corrected chi connectivity index (χ3v) is 3.31. The first kappa shape index (κ1) is 14.8. The van der Waals surface area contributed by atoms with Gasteiger partial charge in [0.1, 0.15) is 6.61 Å². The van der Waals surface area contributed by atoms with Gasteiger partial charge in [0.2, 0.25) is 0 Å². The Hall–Kier alpha value is -2.60. The van der Waals surface area contributed by atoms with Gasteiger partial charge in [0.15, 0.2) is 0 Å². The van der Waals surface area contributed by atoms with Gasteiger partial charge in [0.05, 0.1) is 17.2 Å². The van der Waals surface area contributed by atoms with Crippen molar-refractivity contribution >= 4 is 5.97 Å². The standard InChI is InChI=1S/C18H17NO2/c1-13(2)14-7-9-15(10-8-14)18(20)21-12-17-6-4-3-5-16(17)11-19/h3-10,13H,12H2,1-2H3. The second kappa shape index (κ2) is 6.71. The zero-order chi connectivity index (χ0) is 15.2. The second-order valence-corrected chi connectivity index (χ2v) is 5.12. The Morgan fingerprint density at radius 3 is 2.43 bits per heavy atom. The van der Waals surface area contributed by atoms with Crippen LogP contribution < -0.4 is 0 Å². The zero-order valence-electron chi connectivity index (χ0n) is 12.2. The molecule has 0 N–H and O–H groups in total. The van der Waals surface area contributed by atoms with Crippen molar-refractivity contribution in [3.63, 3.8) is 0 Å². The molecule has 3 nitrogen and oxygen atoms in total. The number of nitriles is 1. The number of ether oxygens (including phenoxy) is 1. The number of benzene rings is 2. The van der Waals surface area contributed by atoms with E-state index in [1.165, 1.54) is 5.56 Å². The Kier molecular flexibility index (Phi) is 4.73. The van der Waals surface area contributed by atoms with E-state index in [9.17, 15) is 4.79 Å².